The summed E-state index contributed by atoms with van der Waals surface area (Å²) < 4.78 is 5.58. The number of carbonyl (C=O) groups is 2. The van der Waals surface area contributed by atoms with Gasteiger partial charge in [0.25, 0.3) is 0 Å². The highest BCUT2D eigenvalue weighted by Gasteiger charge is 2.23. The topological polar surface area (TPSA) is 49.9 Å². The number of alkyl halides is 1. The highest BCUT2D eigenvalue weighted by atomic mass is 35.5. The summed E-state index contributed by atoms with van der Waals surface area (Å²) in [6.45, 7) is 2.77. The van der Waals surface area contributed by atoms with Crippen LogP contribution in [0.15, 0.2) is 24.3 Å². The van der Waals surface area contributed by atoms with Crippen LogP contribution in [-0.4, -0.2) is 60.3 Å². The van der Waals surface area contributed by atoms with Crippen molar-refractivity contribution in [1.82, 2.24) is 9.80 Å². The van der Waals surface area contributed by atoms with Gasteiger partial charge in [0.1, 0.15) is 5.75 Å². The van der Waals surface area contributed by atoms with Crippen LogP contribution >= 0.6 is 23.2 Å². The molecule has 0 bridgehead atoms. The molecule has 0 N–H and O–H groups in total. The first kappa shape index (κ1) is 18.9. The minimum atomic E-state index is 0.0604. The third kappa shape index (κ3) is 5.56. The molecule has 7 heteroatoms. The van der Waals surface area contributed by atoms with E-state index in [1.54, 1.807) is 21.9 Å². The Balaban J connectivity index is 1.65. The van der Waals surface area contributed by atoms with E-state index in [-0.39, 0.29) is 11.8 Å². The average molecular weight is 373 g/mol. The molecule has 1 saturated heterocycles. The molecule has 1 aliphatic rings. The van der Waals surface area contributed by atoms with Gasteiger partial charge in [0.2, 0.25) is 11.8 Å². The Morgan fingerprint density at radius 1 is 1.00 bits per heavy atom. The maximum Gasteiger partial charge on any atom is 0.223 e. The predicted molar refractivity (Wildman–Crippen MR) is 94.7 cm³/mol. The quantitative estimate of drug-likeness (QED) is 0.546. The Kier molecular flexibility index (Phi) is 7.66. The van der Waals surface area contributed by atoms with Gasteiger partial charge >= 0.3 is 0 Å². The first-order valence-electron chi connectivity index (χ1n) is 8.10. The zero-order chi connectivity index (χ0) is 17.4. The van der Waals surface area contributed by atoms with Crippen LogP contribution in [0.1, 0.15) is 19.3 Å². The van der Waals surface area contributed by atoms with E-state index in [0.717, 1.165) is 0 Å². The minimum absolute atomic E-state index is 0.0604. The number of nitrogens with zero attached hydrogens (tertiary/aromatic N) is 2. The van der Waals surface area contributed by atoms with E-state index in [0.29, 0.717) is 68.7 Å². The van der Waals surface area contributed by atoms with Crippen molar-refractivity contribution < 1.29 is 14.3 Å². The van der Waals surface area contributed by atoms with Crippen molar-refractivity contribution in [2.45, 2.75) is 19.3 Å². The third-order valence-electron chi connectivity index (χ3n) is 3.92. The van der Waals surface area contributed by atoms with E-state index in [1.165, 1.54) is 0 Å². The second kappa shape index (κ2) is 9.74. The highest BCUT2D eigenvalue weighted by Crippen LogP contribution is 2.23. The summed E-state index contributed by atoms with van der Waals surface area (Å²) in [5, 5.41) is 0.571. The van der Waals surface area contributed by atoms with Gasteiger partial charge in [0, 0.05) is 44.9 Å². The van der Waals surface area contributed by atoms with Gasteiger partial charge in [-0.25, -0.2) is 0 Å². The zero-order valence-corrected chi connectivity index (χ0v) is 15.1. The molecule has 1 aliphatic heterocycles. The maximum absolute atomic E-state index is 12.2. The number of amides is 2. The van der Waals surface area contributed by atoms with Crippen molar-refractivity contribution in [3.05, 3.63) is 29.3 Å². The third-order valence-corrected chi connectivity index (χ3v) is 4.42. The molecule has 0 unspecified atom stereocenters. The van der Waals surface area contributed by atoms with Gasteiger partial charge in [-0.3, -0.25) is 9.59 Å². The number of carbonyl (C=O) groups excluding carboxylic acids is 2. The summed E-state index contributed by atoms with van der Waals surface area (Å²) in [5.74, 6) is 1.13. The fourth-order valence-corrected chi connectivity index (χ4v) is 2.92. The monoisotopic (exact) mass is 372 g/mol. The van der Waals surface area contributed by atoms with Gasteiger partial charge in [0.05, 0.1) is 11.6 Å². The molecule has 5 nitrogen and oxygen atoms in total. The Bertz CT molecular complexity index is 561. The lowest BCUT2D eigenvalue weighted by Gasteiger charge is -2.34. The molecule has 1 aromatic rings. The lowest BCUT2D eigenvalue weighted by molar-refractivity contribution is -0.139. The van der Waals surface area contributed by atoms with Crippen LogP contribution in [0.5, 0.6) is 5.75 Å². The number of ether oxygens (including phenoxy) is 1. The van der Waals surface area contributed by atoms with E-state index in [9.17, 15) is 9.59 Å². The summed E-state index contributed by atoms with van der Waals surface area (Å²) >= 11 is 11.6. The zero-order valence-electron chi connectivity index (χ0n) is 13.5. The Morgan fingerprint density at radius 2 is 1.58 bits per heavy atom. The first-order valence-corrected chi connectivity index (χ1v) is 9.02. The first-order chi connectivity index (χ1) is 11.6. The van der Waals surface area contributed by atoms with Crippen LogP contribution in [-0.2, 0) is 9.59 Å². The second-order valence-corrected chi connectivity index (χ2v) is 6.37. The van der Waals surface area contributed by atoms with Crippen LogP contribution in [0.4, 0.5) is 0 Å². The van der Waals surface area contributed by atoms with Crippen LogP contribution in [0.2, 0.25) is 5.02 Å². The van der Waals surface area contributed by atoms with Crippen molar-refractivity contribution in [1.29, 1.82) is 0 Å². The van der Waals surface area contributed by atoms with Gasteiger partial charge < -0.3 is 14.5 Å². The molecule has 132 valence electrons. The molecule has 1 fully saturated rings. The second-order valence-electron chi connectivity index (χ2n) is 5.58. The number of para-hydroxylation sites is 1. The Hall–Kier alpha value is -1.46. The molecule has 0 aliphatic carbocycles. The summed E-state index contributed by atoms with van der Waals surface area (Å²) in [4.78, 5) is 27.5. The van der Waals surface area contributed by atoms with Gasteiger partial charge in [-0.15, -0.1) is 11.6 Å². The normalized spacial score (nSPS) is 14.6. The number of benzene rings is 1. The number of hydrogen-bond donors (Lipinski definition) is 0. The van der Waals surface area contributed by atoms with E-state index in [4.69, 9.17) is 27.9 Å². The van der Waals surface area contributed by atoms with E-state index < -0.39 is 0 Å². The molecule has 0 aromatic heterocycles. The SMILES string of the molecule is O=C(CCCl)N1CCN(C(=O)CCCOc2ccccc2Cl)CC1. The number of rotatable bonds is 7. The Labute approximate surface area is 152 Å². The predicted octanol–water partition coefficient (Wildman–Crippen LogP) is 2.80. The molecule has 24 heavy (non-hydrogen) atoms. The van der Waals surface area contributed by atoms with Crippen molar-refractivity contribution in [2.24, 2.45) is 0 Å². The van der Waals surface area contributed by atoms with Gasteiger partial charge in [-0.05, 0) is 18.6 Å². The van der Waals surface area contributed by atoms with Crippen LogP contribution in [0, 0.1) is 0 Å². The van der Waals surface area contributed by atoms with Crippen molar-refractivity contribution in [3.8, 4) is 5.75 Å². The van der Waals surface area contributed by atoms with Gasteiger partial charge in [-0.2, -0.15) is 0 Å². The Morgan fingerprint density at radius 3 is 2.17 bits per heavy atom. The molecular weight excluding hydrogens is 351 g/mol. The molecular formula is C17H22Cl2N2O3. The van der Waals surface area contributed by atoms with Crippen LogP contribution in [0.3, 0.4) is 0 Å². The maximum atomic E-state index is 12.2. The van der Waals surface area contributed by atoms with Crippen molar-refractivity contribution >= 4 is 35.0 Å². The van der Waals surface area contributed by atoms with Crippen molar-refractivity contribution in [2.75, 3.05) is 38.7 Å². The summed E-state index contributed by atoms with van der Waals surface area (Å²) in [5.41, 5.74) is 0. The van der Waals surface area contributed by atoms with Crippen molar-refractivity contribution in [3.63, 3.8) is 0 Å². The van der Waals surface area contributed by atoms with Crippen LogP contribution in [0.25, 0.3) is 0 Å². The standard InChI is InChI=1S/C17H22Cl2N2O3/c18-8-7-17(23)21-11-9-20(10-12-21)16(22)6-3-13-24-15-5-2-1-4-14(15)19/h1-2,4-5H,3,6-13H2. The lowest BCUT2D eigenvalue weighted by atomic mass is 10.2. The number of hydrogen-bond acceptors (Lipinski definition) is 3. The summed E-state index contributed by atoms with van der Waals surface area (Å²) in [6.07, 6.45) is 1.42. The van der Waals surface area contributed by atoms with E-state index in [2.05, 4.69) is 0 Å². The summed E-state index contributed by atoms with van der Waals surface area (Å²) in [6, 6.07) is 7.28. The molecule has 2 amide bonds. The van der Waals surface area contributed by atoms with Gasteiger partial charge in [0.15, 0.2) is 0 Å². The fraction of sp³-hybridized carbons (Fsp3) is 0.529. The average Bonchev–Trinajstić information content (AvgIpc) is 2.60. The van der Waals surface area contributed by atoms with Crippen LogP contribution < -0.4 is 4.74 Å². The molecule has 1 heterocycles. The molecule has 2 rings (SSSR count). The summed E-state index contributed by atoms with van der Waals surface area (Å²) in [7, 11) is 0. The minimum Gasteiger partial charge on any atom is -0.492 e. The molecule has 1 aromatic carbocycles. The van der Waals surface area contributed by atoms with E-state index in [1.807, 2.05) is 12.1 Å². The smallest absolute Gasteiger partial charge is 0.223 e. The lowest BCUT2D eigenvalue weighted by Crippen LogP contribution is -2.50. The molecule has 0 atom stereocenters. The molecule has 0 spiro atoms. The number of halogens is 2. The highest BCUT2D eigenvalue weighted by molar-refractivity contribution is 6.32. The van der Waals surface area contributed by atoms with Gasteiger partial charge in [-0.1, -0.05) is 23.7 Å². The largest absolute Gasteiger partial charge is 0.492 e. The number of piperazine rings is 1. The van der Waals surface area contributed by atoms with E-state index >= 15 is 0 Å². The fourth-order valence-electron chi connectivity index (χ4n) is 2.57. The molecule has 0 saturated carbocycles. The molecule has 0 radical (unpaired) electrons.